The van der Waals surface area contributed by atoms with Crippen LogP contribution in [0.15, 0.2) is 35.5 Å². The zero-order chi connectivity index (χ0) is 33.8. The normalized spacial score (nSPS) is 23.6. The Balaban J connectivity index is 1.36. The zero-order valence-electron chi connectivity index (χ0n) is 29.6. The molecule has 48 heavy (non-hydrogen) atoms. The maximum Gasteiger partial charge on any atom is 0.280 e. The SMILES string of the molecule is CCc1cn(-c2cc(C3(c4nncn4C)CC(F)C3)cc(C3CC3)n2)c(=O)c2c1cc(CN1CCC[C@H](C)C1)n2COCC[Si](C)(C)C. The van der Waals surface area contributed by atoms with Gasteiger partial charge in [-0.05, 0) is 92.8 Å². The zero-order valence-corrected chi connectivity index (χ0v) is 30.6. The van der Waals surface area contributed by atoms with Gasteiger partial charge in [-0.15, -0.1) is 10.2 Å². The lowest BCUT2D eigenvalue weighted by atomic mass is 9.62. The molecule has 9 nitrogen and oxygen atoms in total. The van der Waals surface area contributed by atoms with E-state index in [1.165, 1.54) is 12.8 Å². The first-order valence-electron chi connectivity index (χ1n) is 18.0. The summed E-state index contributed by atoms with van der Waals surface area (Å²) < 4.78 is 26.9. The summed E-state index contributed by atoms with van der Waals surface area (Å²) in [6.45, 7) is 15.5. The van der Waals surface area contributed by atoms with E-state index in [2.05, 4.69) is 65.3 Å². The van der Waals surface area contributed by atoms with Gasteiger partial charge in [0, 0.05) is 63.7 Å². The summed E-state index contributed by atoms with van der Waals surface area (Å²) in [4.78, 5) is 22.5. The van der Waals surface area contributed by atoms with Gasteiger partial charge in [0.05, 0.1) is 5.41 Å². The molecular weight excluding hydrogens is 622 g/mol. The molecule has 0 radical (unpaired) electrons. The maximum absolute atomic E-state index is 14.8. The summed E-state index contributed by atoms with van der Waals surface area (Å²) in [5.74, 6) is 2.38. The topological polar surface area (TPSA) is 83.0 Å². The van der Waals surface area contributed by atoms with Crippen LogP contribution in [0, 0.1) is 5.92 Å². The van der Waals surface area contributed by atoms with Crippen LogP contribution in [0.5, 0.6) is 0 Å². The van der Waals surface area contributed by atoms with E-state index >= 15 is 0 Å². The predicted molar refractivity (Wildman–Crippen MR) is 190 cm³/mol. The molecule has 2 saturated carbocycles. The van der Waals surface area contributed by atoms with Crippen LogP contribution >= 0.6 is 0 Å². The molecule has 3 aliphatic rings. The molecule has 1 aliphatic heterocycles. The fourth-order valence-electron chi connectivity index (χ4n) is 7.88. The smallest absolute Gasteiger partial charge is 0.280 e. The van der Waals surface area contributed by atoms with Crippen molar-refractivity contribution in [3.8, 4) is 5.82 Å². The number of likely N-dealkylation sites (tertiary alicyclic amines) is 1. The van der Waals surface area contributed by atoms with Crippen molar-refractivity contribution in [2.24, 2.45) is 13.0 Å². The molecule has 4 aromatic rings. The molecule has 11 heteroatoms. The van der Waals surface area contributed by atoms with Crippen LogP contribution in [0.1, 0.15) is 86.6 Å². The van der Waals surface area contributed by atoms with Crippen LogP contribution in [0.3, 0.4) is 0 Å². The summed E-state index contributed by atoms with van der Waals surface area (Å²) in [5.41, 5.74) is 4.16. The summed E-state index contributed by atoms with van der Waals surface area (Å²) >= 11 is 0. The number of fused-ring (bicyclic) bond motifs is 1. The van der Waals surface area contributed by atoms with Gasteiger partial charge in [-0.25, -0.2) is 9.37 Å². The first kappa shape index (κ1) is 33.3. The highest BCUT2D eigenvalue weighted by Crippen LogP contribution is 2.51. The minimum atomic E-state index is -1.28. The van der Waals surface area contributed by atoms with Crippen LogP contribution in [0.25, 0.3) is 16.7 Å². The Morgan fingerprint density at radius 1 is 1.12 bits per heavy atom. The monoisotopic (exact) mass is 673 g/mol. The van der Waals surface area contributed by atoms with Gasteiger partial charge in [0.25, 0.3) is 5.56 Å². The second-order valence-electron chi connectivity index (χ2n) is 16.1. The fourth-order valence-corrected chi connectivity index (χ4v) is 8.64. The van der Waals surface area contributed by atoms with Crippen molar-refractivity contribution < 1.29 is 9.13 Å². The fraction of sp³-hybridized carbons (Fsp3) is 0.622. The van der Waals surface area contributed by atoms with Gasteiger partial charge in [0.1, 0.15) is 36.4 Å². The maximum atomic E-state index is 14.8. The lowest BCUT2D eigenvalue weighted by Gasteiger charge is -2.43. The quantitative estimate of drug-likeness (QED) is 0.123. The van der Waals surface area contributed by atoms with Gasteiger partial charge in [-0.3, -0.25) is 14.3 Å². The number of ether oxygens (including phenoxy) is 1. The van der Waals surface area contributed by atoms with Crippen molar-refractivity contribution in [2.75, 3.05) is 19.7 Å². The van der Waals surface area contributed by atoms with E-state index in [-0.39, 0.29) is 5.56 Å². The Kier molecular flexibility index (Phi) is 9.00. The Morgan fingerprint density at radius 2 is 1.92 bits per heavy atom. The molecule has 0 aromatic carbocycles. The molecular formula is C37H52FN7O2Si. The third kappa shape index (κ3) is 6.45. The van der Waals surface area contributed by atoms with Crippen LogP contribution in [0.4, 0.5) is 4.39 Å². The van der Waals surface area contributed by atoms with E-state index in [4.69, 9.17) is 9.72 Å². The van der Waals surface area contributed by atoms with Gasteiger partial charge in [0.15, 0.2) is 0 Å². The molecule has 4 aromatic heterocycles. The molecule has 0 amide bonds. The number of pyridine rings is 2. The average Bonchev–Trinajstić information content (AvgIpc) is 3.70. The van der Waals surface area contributed by atoms with Crippen molar-refractivity contribution in [3.63, 3.8) is 0 Å². The van der Waals surface area contributed by atoms with Crippen molar-refractivity contribution in [1.29, 1.82) is 0 Å². The third-order valence-electron chi connectivity index (χ3n) is 10.9. The second-order valence-corrected chi connectivity index (χ2v) is 21.7. The summed E-state index contributed by atoms with van der Waals surface area (Å²) in [5, 5.41) is 9.60. The lowest BCUT2D eigenvalue weighted by molar-refractivity contribution is 0.0848. The van der Waals surface area contributed by atoms with Crippen molar-refractivity contribution in [3.05, 3.63) is 69.4 Å². The first-order chi connectivity index (χ1) is 23.0. The average molecular weight is 674 g/mol. The number of aromatic nitrogens is 6. The first-order valence-corrected chi connectivity index (χ1v) is 21.7. The highest BCUT2D eigenvalue weighted by molar-refractivity contribution is 6.76. The number of piperidine rings is 1. The number of hydrogen-bond acceptors (Lipinski definition) is 6. The highest BCUT2D eigenvalue weighted by atomic mass is 28.3. The van der Waals surface area contributed by atoms with Crippen LogP contribution in [-0.4, -0.2) is 67.7 Å². The van der Waals surface area contributed by atoms with Crippen LogP contribution in [0.2, 0.25) is 25.7 Å². The summed E-state index contributed by atoms with van der Waals surface area (Å²) in [7, 11) is 0.642. The third-order valence-corrected chi connectivity index (χ3v) is 12.6. The van der Waals surface area contributed by atoms with E-state index in [0.717, 1.165) is 78.7 Å². The van der Waals surface area contributed by atoms with Crippen LogP contribution < -0.4 is 5.56 Å². The van der Waals surface area contributed by atoms with Crippen molar-refractivity contribution >= 4 is 19.0 Å². The molecule has 0 bridgehead atoms. The number of rotatable bonds is 12. The predicted octanol–water partition coefficient (Wildman–Crippen LogP) is 6.72. The highest BCUT2D eigenvalue weighted by Gasteiger charge is 2.51. The molecule has 0 unspecified atom stereocenters. The Hall–Kier alpha value is -3.15. The summed E-state index contributed by atoms with van der Waals surface area (Å²) in [6, 6.07) is 7.45. The van der Waals surface area contributed by atoms with Gasteiger partial charge in [0.2, 0.25) is 0 Å². The molecule has 7 rings (SSSR count). The number of nitrogens with zero attached hydrogens (tertiary/aromatic N) is 7. The molecule has 2 aliphatic carbocycles. The van der Waals surface area contributed by atoms with E-state index < -0.39 is 19.7 Å². The van der Waals surface area contributed by atoms with Gasteiger partial charge in [-0.2, -0.15) is 0 Å². The van der Waals surface area contributed by atoms with Crippen molar-refractivity contribution in [1.82, 2.24) is 33.8 Å². The van der Waals surface area contributed by atoms with Crippen LogP contribution in [-0.2, 0) is 36.9 Å². The molecule has 1 atom stereocenters. The van der Waals surface area contributed by atoms with Gasteiger partial charge < -0.3 is 13.9 Å². The Labute approximate surface area is 284 Å². The molecule has 5 heterocycles. The minimum Gasteiger partial charge on any atom is -0.361 e. The molecule has 0 spiro atoms. The largest absolute Gasteiger partial charge is 0.361 e. The standard InChI is InChI=1S/C37H52FN7O2Si/c1-7-26-21-44(33-16-28(15-32(40-33)27-10-11-27)37(18-29(38)19-37)36-41-39-23-42(36)3)35(46)34-31(26)17-30(22-43-12-8-9-25(2)20-43)45(34)24-47-13-14-48(4,5)6/h15-17,21,23,25,27,29H,7-14,18-20,22,24H2,1-6H3/t25-,29?,37?/m0/s1. The number of hydrogen-bond donors (Lipinski definition) is 0. The molecule has 3 fully saturated rings. The summed E-state index contributed by atoms with van der Waals surface area (Å²) in [6.07, 6.45) is 8.84. The van der Waals surface area contributed by atoms with E-state index in [1.807, 2.05) is 23.9 Å². The Bertz CT molecular complexity index is 1850. The molecule has 1 saturated heterocycles. The minimum absolute atomic E-state index is 0.0923. The Morgan fingerprint density at radius 3 is 2.56 bits per heavy atom. The van der Waals surface area contributed by atoms with Crippen molar-refractivity contribution in [2.45, 2.75) is 115 Å². The van der Waals surface area contributed by atoms with Gasteiger partial charge >= 0.3 is 0 Å². The van der Waals surface area contributed by atoms with E-state index in [0.29, 0.717) is 49.3 Å². The lowest BCUT2D eigenvalue weighted by Crippen LogP contribution is -2.45. The number of aryl methyl sites for hydroxylation is 2. The second kappa shape index (κ2) is 12.9. The molecule has 0 N–H and O–H groups in total. The molecule has 258 valence electrons. The van der Waals surface area contributed by atoms with E-state index in [1.54, 1.807) is 10.9 Å². The van der Waals surface area contributed by atoms with E-state index in [9.17, 15) is 9.18 Å². The van der Waals surface area contributed by atoms with Gasteiger partial charge in [-0.1, -0.05) is 33.5 Å². The number of alkyl halides is 1. The number of halogens is 1.